The zero-order chi connectivity index (χ0) is 33.8. The molecular formula is C34H40Cl2N6O5S. The lowest BCUT2D eigenvalue weighted by molar-refractivity contribution is -0.124. The summed E-state index contributed by atoms with van der Waals surface area (Å²) in [4.78, 5) is 24.4. The third kappa shape index (κ3) is 7.34. The molecular weight excluding hydrogens is 675 g/mol. The van der Waals surface area contributed by atoms with Gasteiger partial charge in [-0.25, -0.2) is 18.4 Å². The minimum absolute atomic E-state index is 0.0370. The lowest BCUT2D eigenvalue weighted by atomic mass is 9.96. The number of carbonyl (C=O) groups excluding carboxylic acids is 1. The smallest absolute Gasteiger partial charge is 0.245 e. The molecule has 0 aliphatic carbocycles. The number of halogens is 2. The molecule has 4 aromatic rings. The first-order valence-corrected chi connectivity index (χ1v) is 18.5. The SMILES string of the molecule is Cc1cc(-n2ccnc2)c2cccc(OCc3c(Cl)ccc(S(=O)(=O)N4CCC[C@H]4C(=O)NCC4CCN(CCCO)CC4)c3Cl)c2n1. The number of pyridine rings is 1. The molecule has 0 radical (unpaired) electrons. The summed E-state index contributed by atoms with van der Waals surface area (Å²) in [6, 6.07) is 9.64. The van der Waals surface area contributed by atoms with E-state index in [2.05, 4.69) is 15.2 Å². The third-order valence-corrected chi connectivity index (χ3v) is 12.1. The molecule has 1 atom stereocenters. The molecule has 2 aromatic carbocycles. The molecule has 6 rings (SSSR count). The van der Waals surface area contributed by atoms with Gasteiger partial charge in [0.25, 0.3) is 0 Å². The zero-order valence-electron chi connectivity index (χ0n) is 26.8. The Kier molecular flexibility index (Phi) is 10.9. The molecule has 14 heteroatoms. The van der Waals surface area contributed by atoms with E-state index < -0.39 is 16.1 Å². The van der Waals surface area contributed by atoms with Crippen LogP contribution in [0.25, 0.3) is 16.6 Å². The number of para-hydroxylation sites is 1. The summed E-state index contributed by atoms with van der Waals surface area (Å²) in [6.45, 7) is 5.43. The van der Waals surface area contributed by atoms with Gasteiger partial charge in [0.15, 0.2) is 0 Å². The van der Waals surface area contributed by atoms with Crippen LogP contribution in [0.5, 0.6) is 5.75 Å². The standard InChI is InChI=1S/C34H40Cl2N6O5S/c1-23-19-29(41-17-12-37-22-41)25-5-2-7-30(33(25)39-23)47-21-26-27(35)8-9-31(32(26)36)48(45,46)42-14-3-6-28(42)34(44)38-20-24-10-15-40(16-11-24)13-4-18-43/h2,5,7-9,12,17,19,22,24,28,43H,3-4,6,10-11,13-16,18,20-21H2,1H3,(H,38,44)/t28-/m0/s1. The van der Waals surface area contributed by atoms with Crippen molar-refractivity contribution >= 4 is 50.0 Å². The molecule has 1 amide bonds. The second-order valence-electron chi connectivity index (χ2n) is 12.4. The Labute approximate surface area is 290 Å². The average molecular weight is 716 g/mol. The number of nitrogens with zero attached hydrogens (tertiary/aromatic N) is 5. The van der Waals surface area contributed by atoms with Crippen LogP contribution in [-0.2, 0) is 21.4 Å². The maximum absolute atomic E-state index is 14.0. The highest BCUT2D eigenvalue weighted by molar-refractivity contribution is 7.89. The van der Waals surface area contributed by atoms with E-state index in [-0.39, 0.29) is 40.6 Å². The van der Waals surface area contributed by atoms with E-state index in [9.17, 15) is 13.2 Å². The number of aromatic nitrogens is 3. The maximum atomic E-state index is 14.0. The molecule has 4 heterocycles. The fourth-order valence-electron chi connectivity index (χ4n) is 6.61. The monoisotopic (exact) mass is 714 g/mol. The Balaban J connectivity index is 1.16. The van der Waals surface area contributed by atoms with Crippen LogP contribution in [-0.4, -0.2) is 88.5 Å². The van der Waals surface area contributed by atoms with Crippen molar-refractivity contribution in [2.45, 2.75) is 56.6 Å². The van der Waals surface area contributed by atoms with E-state index in [1.165, 1.54) is 16.4 Å². The Hall–Kier alpha value is -3.26. The number of ether oxygens (including phenoxy) is 1. The largest absolute Gasteiger partial charge is 0.487 e. The number of likely N-dealkylation sites (tertiary alicyclic amines) is 1. The normalized spacial score (nSPS) is 18.0. The molecule has 2 saturated heterocycles. The van der Waals surface area contributed by atoms with E-state index in [1.807, 2.05) is 35.9 Å². The van der Waals surface area contributed by atoms with Crippen molar-refractivity contribution in [1.82, 2.24) is 29.1 Å². The lowest BCUT2D eigenvalue weighted by Gasteiger charge is -2.32. The van der Waals surface area contributed by atoms with Crippen molar-refractivity contribution in [1.29, 1.82) is 0 Å². The number of aliphatic hydroxyl groups excluding tert-OH is 1. The fraction of sp³-hybridized carbons (Fsp3) is 0.441. The Morgan fingerprint density at radius 3 is 2.69 bits per heavy atom. The predicted molar refractivity (Wildman–Crippen MR) is 185 cm³/mol. The molecule has 0 unspecified atom stereocenters. The first-order chi connectivity index (χ1) is 23.2. The van der Waals surface area contributed by atoms with E-state index in [0.717, 1.165) is 55.7 Å². The van der Waals surface area contributed by atoms with Gasteiger partial charge in [0.05, 0.1) is 17.0 Å². The topological polar surface area (TPSA) is 130 Å². The highest BCUT2D eigenvalue weighted by Gasteiger charge is 2.41. The second kappa shape index (κ2) is 15.1. The van der Waals surface area contributed by atoms with Crippen LogP contribution in [0.1, 0.15) is 43.4 Å². The van der Waals surface area contributed by atoms with E-state index >= 15 is 0 Å². The fourth-order valence-corrected chi connectivity index (χ4v) is 9.13. The summed E-state index contributed by atoms with van der Waals surface area (Å²) in [5.41, 5.74) is 2.64. The average Bonchev–Trinajstić information content (AvgIpc) is 3.80. The highest BCUT2D eigenvalue weighted by atomic mass is 35.5. The molecule has 48 heavy (non-hydrogen) atoms. The van der Waals surface area contributed by atoms with Crippen molar-refractivity contribution in [2.24, 2.45) is 5.92 Å². The number of sulfonamides is 1. The van der Waals surface area contributed by atoms with Crippen LogP contribution in [0.3, 0.4) is 0 Å². The zero-order valence-corrected chi connectivity index (χ0v) is 29.1. The second-order valence-corrected chi connectivity index (χ2v) is 15.1. The van der Waals surface area contributed by atoms with E-state index in [0.29, 0.717) is 42.1 Å². The van der Waals surface area contributed by atoms with Gasteiger partial charge in [-0.05, 0) is 82.3 Å². The number of fused-ring (bicyclic) bond motifs is 1. The molecule has 11 nitrogen and oxygen atoms in total. The molecule has 0 bridgehead atoms. The first-order valence-electron chi connectivity index (χ1n) is 16.3. The van der Waals surface area contributed by atoms with E-state index in [1.54, 1.807) is 18.6 Å². The minimum Gasteiger partial charge on any atom is -0.487 e. The molecule has 2 aromatic heterocycles. The molecule has 256 valence electrons. The molecule has 0 spiro atoms. The number of hydrogen-bond donors (Lipinski definition) is 2. The Morgan fingerprint density at radius 2 is 1.94 bits per heavy atom. The van der Waals surface area contributed by atoms with Gasteiger partial charge in [-0.15, -0.1) is 0 Å². The number of piperidine rings is 1. The third-order valence-electron chi connectivity index (χ3n) is 9.21. The maximum Gasteiger partial charge on any atom is 0.245 e. The van der Waals surface area contributed by atoms with Crippen LogP contribution in [0, 0.1) is 12.8 Å². The molecule has 2 fully saturated rings. The van der Waals surface area contributed by atoms with Crippen molar-refractivity contribution in [2.75, 3.05) is 39.3 Å². The molecule has 0 saturated carbocycles. The van der Waals surface area contributed by atoms with Crippen molar-refractivity contribution in [3.05, 3.63) is 76.4 Å². The van der Waals surface area contributed by atoms with Gasteiger partial charge in [-0.2, -0.15) is 4.31 Å². The number of aryl methyl sites for hydroxylation is 1. The van der Waals surface area contributed by atoms with Gasteiger partial charge in [-0.3, -0.25) is 4.79 Å². The van der Waals surface area contributed by atoms with Gasteiger partial charge in [0, 0.05) is 60.3 Å². The summed E-state index contributed by atoms with van der Waals surface area (Å²) in [7, 11) is -4.14. The van der Waals surface area contributed by atoms with Crippen molar-refractivity contribution < 1.29 is 23.1 Å². The highest BCUT2D eigenvalue weighted by Crippen LogP contribution is 2.37. The van der Waals surface area contributed by atoms with Gasteiger partial charge < -0.3 is 24.6 Å². The van der Waals surface area contributed by atoms with Crippen LogP contribution in [0.2, 0.25) is 10.0 Å². The number of imidazole rings is 1. The van der Waals surface area contributed by atoms with Crippen LogP contribution in [0.15, 0.2) is 60.0 Å². The molecule has 2 aliphatic rings. The predicted octanol–water partition coefficient (Wildman–Crippen LogP) is 4.98. The van der Waals surface area contributed by atoms with Crippen LogP contribution < -0.4 is 10.1 Å². The summed E-state index contributed by atoms with van der Waals surface area (Å²) >= 11 is 13.4. The van der Waals surface area contributed by atoms with Gasteiger partial charge in [-0.1, -0.05) is 35.3 Å². The number of carbonyl (C=O) groups is 1. The summed E-state index contributed by atoms with van der Waals surface area (Å²) in [5, 5.41) is 13.2. The van der Waals surface area contributed by atoms with E-state index in [4.69, 9.17) is 38.0 Å². The number of aliphatic hydroxyl groups is 1. The van der Waals surface area contributed by atoms with Crippen LogP contribution in [0.4, 0.5) is 0 Å². The Morgan fingerprint density at radius 1 is 1.12 bits per heavy atom. The molecule has 2 aliphatic heterocycles. The Bertz CT molecular complexity index is 1870. The molecule has 2 N–H and O–H groups in total. The lowest BCUT2D eigenvalue weighted by Crippen LogP contribution is -2.47. The first kappa shape index (κ1) is 34.6. The van der Waals surface area contributed by atoms with Gasteiger partial charge in [0.2, 0.25) is 15.9 Å². The number of rotatable bonds is 12. The van der Waals surface area contributed by atoms with Crippen LogP contribution >= 0.6 is 23.2 Å². The number of benzene rings is 2. The summed E-state index contributed by atoms with van der Waals surface area (Å²) < 4.78 is 37.5. The number of amides is 1. The quantitative estimate of drug-likeness (QED) is 0.210. The van der Waals surface area contributed by atoms with Gasteiger partial charge >= 0.3 is 0 Å². The van der Waals surface area contributed by atoms with Crippen molar-refractivity contribution in [3.8, 4) is 11.4 Å². The van der Waals surface area contributed by atoms with Gasteiger partial charge in [0.1, 0.15) is 28.8 Å². The summed E-state index contributed by atoms with van der Waals surface area (Å²) in [5.74, 6) is 0.531. The minimum atomic E-state index is -4.14. The number of nitrogens with one attached hydrogen (secondary N) is 1. The number of hydrogen-bond acceptors (Lipinski definition) is 8. The summed E-state index contributed by atoms with van der Waals surface area (Å²) in [6.07, 6.45) is 8.93. The van der Waals surface area contributed by atoms with Crippen molar-refractivity contribution in [3.63, 3.8) is 0 Å².